The number of hydrazine groups is 2. The largest absolute Gasteiger partial charge is 0.299 e. The molecule has 1 saturated heterocycles. The van der Waals surface area contributed by atoms with Crippen molar-refractivity contribution >= 4 is 17.2 Å². The summed E-state index contributed by atoms with van der Waals surface area (Å²) in [5, 5.41) is 5.27. The monoisotopic (exact) mass is 174 g/mol. The van der Waals surface area contributed by atoms with E-state index in [1.165, 1.54) is 0 Å². The highest BCUT2D eigenvalue weighted by Gasteiger charge is 2.26. The Labute approximate surface area is 72.3 Å². The van der Waals surface area contributed by atoms with E-state index < -0.39 is 0 Å². The summed E-state index contributed by atoms with van der Waals surface area (Å²) in [6.45, 7) is 5.98. The van der Waals surface area contributed by atoms with Crippen molar-refractivity contribution < 1.29 is 0 Å². The van der Waals surface area contributed by atoms with Crippen LogP contribution in [0.25, 0.3) is 0 Å². The van der Waals surface area contributed by atoms with Crippen molar-refractivity contribution in [2.75, 3.05) is 13.1 Å². The lowest BCUT2D eigenvalue weighted by Gasteiger charge is -2.19. The predicted octanol–water partition coefficient (Wildman–Crippen LogP) is -0.406. The molecule has 1 atom stereocenters. The van der Waals surface area contributed by atoms with Gasteiger partial charge in [-0.1, -0.05) is 26.1 Å². The molecular formula is C6H14N4S. The van der Waals surface area contributed by atoms with Crippen molar-refractivity contribution in [1.82, 2.24) is 21.3 Å². The van der Waals surface area contributed by atoms with Gasteiger partial charge in [-0.05, 0) is 6.54 Å². The summed E-state index contributed by atoms with van der Waals surface area (Å²) in [4.78, 5) is 0.814. The van der Waals surface area contributed by atoms with Crippen LogP contribution in [-0.4, -0.2) is 29.3 Å². The molecule has 1 fully saturated rings. The van der Waals surface area contributed by atoms with E-state index in [-0.39, 0.29) is 6.17 Å². The number of nitrogens with zero attached hydrogens (tertiary/aromatic N) is 1. The smallest absolute Gasteiger partial charge is 0.127 e. The van der Waals surface area contributed by atoms with Gasteiger partial charge >= 0.3 is 0 Å². The molecule has 0 aromatic heterocycles. The molecule has 64 valence electrons. The Hall–Kier alpha value is -0.230. The highest BCUT2D eigenvalue weighted by molar-refractivity contribution is 7.80. The van der Waals surface area contributed by atoms with Crippen LogP contribution in [0.15, 0.2) is 0 Å². The Morgan fingerprint density at radius 2 is 2.36 bits per heavy atom. The molecule has 0 aliphatic carbocycles. The molecule has 0 aromatic rings. The van der Waals surface area contributed by atoms with Gasteiger partial charge in [-0.25, -0.2) is 5.01 Å². The van der Waals surface area contributed by atoms with Crippen molar-refractivity contribution in [2.45, 2.75) is 20.0 Å². The highest BCUT2D eigenvalue weighted by Crippen LogP contribution is 1.98. The van der Waals surface area contributed by atoms with Crippen LogP contribution in [-0.2, 0) is 0 Å². The Balaban J connectivity index is 2.49. The Morgan fingerprint density at radius 1 is 1.64 bits per heavy atom. The highest BCUT2D eigenvalue weighted by atomic mass is 32.1. The minimum absolute atomic E-state index is 0.153. The second-order valence-corrected chi connectivity index (χ2v) is 2.79. The maximum atomic E-state index is 5.07. The molecule has 5 heteroatoms. The summed E-state index contributed by atoms with van der Waals surface area (Å²) < 4.78 is 0. The molecule has 1 heterocycles. The lowest BCUT2D eigenvalue weighted by Crippen LogP contribution is -2.47. The number of thiocarbonyl (C=S) groups is 1. The molecule has 4 nitrogen and oxygen atoms in total. The summed E-state index contributed by atoms with van der Waals surface area (Å²) in [5.41, 5.74) is 5.87. The Bertz CT molecular complexity index is 150. The molecule has 0 amide bonds. The van der Waals surface area contributed by atoms with E-state index in [4.69, 9.17) is 12.2 Å². The van der Waals surface area contributed by atoms with Gasteiger partial charge in [-0.2, -0.15) is 5.53 Å². The van der Waals surface area contributed by atoms with Gasteiger partial charge in [0.15, 0.2) is 0 Å². The van der Waals surface area contributed by atoms with Crippen LogP contribution >= 0.6 is 12.2 Å². The maximum absolute atomic E-state index is 5.07. The van der Waals surface area contributed by atoms with E-state index in [0.717, 1.165) is 18.1 Å². The number of rotatable bonds is 3. The van der Waals surface area contributed by atoms with Crippen LogP contribution < -0.4 is 16.3 Å². The van der Waals surface area contributed by atoms with E-state index >= 15 is 0 Å². The molecule has 0 spiro atoms. The second-order valence-electron chi connectivity index (χ2n) is 2.35. The fourth-order valence-corrected chi connectivity index (χ4v) is 1.32. The zero-order valence-corrected chi connectivity index (χ0v) is 7.66. The number of hydrogen-bond acceptors (Lipinski definition) is 4. The normalized spacial score (nSPS) is 25.6. The molecular weight excluding hydrogens is 160 g/mol. The summed E-state index contributed by atoms with van der Waals surface area (Å²) in [6.07, 6.45) is 0.153. The molecule has 3 N–H and O–H groups in total. The minimum atomic E-state index is 0.153. The van der Waals surface area contributed by atoms with Gasteiger partial charge in [0.05, 0.1) is 0 Å². The fraction of sp³-hybridized carbons (Fsp3) is 0.833. The fourth-order valence-electron chi connectivity index (χ4n) is 1.06. The zero-order chi connectivity index (χ0) is 8.27. The molecule has 0 radical (unpaired) electrons. The van der Waals surface area contributed by atoms with Gasteiger partial charge in [0, 0.05) is 6.54 Å². The number of nitrogens with one attached hydrogen (secondary N) is 3. The summed E-state index contributed by atoms with van der Waals surface area (Å²) in [6, 6.07) is 0. The van der Waals surface area contributed by atoms with Crippen molar-refractivity contribution in [3.63, 3.8) is 0 Å². The topological polar surface area (TPSA) is 39.3 Å². The van der Waals surface area contributed by atoms with Crippen molar-refractivity contribution in [1.29, 1.82) is 0 Å². The third-order valence-corrected chi connectivity index (χ3v) is 1.95. The summed E-state index contributed by atoms with van der Waals surface area (Å²) in [7, 11) is 0. The zero-order valence-electron chi connectivity index (χ0n) is 6.85. The van der Waals surface area contributed by atoms with Crippen LogP contribution in [0.5, 0.6) is 0 Å². The third kappa shape index (κ3) is 1.87. The Kier molecular flexibility index (Phi) is 3.19. The molecule has 1 aliphatic rings. The van der Waals surface area contributed by atoms with Crippen molar-refractivity contribution in [2.24, 2.45) is 0 Å². The van der Waals surface area contributed by atoms with Crippen molar-refractivity contribution in [3.8, 4) is 0 Å². The first-order valence-corrected chi connectivity index (χ1v) is 4.26. The van der Waals surface area contributed by atoms with E-state index in [2.05, 4.69) is 30.1 Å². The van der Waals surface area contributed by atoms with Crippen LogP contribution in [0.4, 0.5) is 0 Å². The second kappa shape index (κ2) is 3.96. The SMILES string of the molecule is CCNC1C(=S)NNN1CC. The number of hydrogen-bond donors (Lipinski definition) is 3. The van der Waals surface area contributed by atoms with Crippen LogP contribution in [0.1, 0.15) is 13.8 Å². The first-order valence-electron chi connectivity index (χ1n) is 3.85. The van der Waals surface area contributed by atoms with Crippen LogP contribution in [0.2, 0.25) is 0 Å². The predicted molar refractivity (Wildman–Crippen MR) is 48.7 cm³/mol. The molecule has 0 bridgehead atoms. The van der Waals surface area contributed by atoms with Gasteiger partial charge < -0.3 is 0 Å². The lowest BCUT2D eigenvalue weighted by molar-refractivity contribution is 0.174. The summed E-state index contributed by atoms with van der Waals surface area (Å²) >= 11 is 5.07. The molecule has 0 aromatic carbocycles. The van der Waals surface area contributed by atoms with E-state index in [1.54, 1.807) is 0 Å². The Morgan fingerprint density at radius 3 is 2.91 bits per heavy atom. The molecule has 0 saturated carbocycles. The quantitative estimate of drug-likeness (QED) is 0.508. The van der Waals surface area contributed by atoms with E-state index in [9.17, 15) is 0 Å². The van der Waals surface area contributed by atoms with Crippen LogP contribution in [0.3, 0.4) is 0 Å². The minimum Gasteiger partial charge on any atom is -0.299 e. The van der Waals surface area contributed by atoms with Crippen molar-refractivity contribution in [3.05, 3.63) is 0 Å². The molecule has 1 rings (SSSR count). The van der Waals surface area contributed by atoms with Gasteiger partial charge in [-0.15, -0.1) is 0 Å². The van der Waals surface area contributed by atoms with Gasteiger partial charge in [0.25, 0.3) is 0 Å². The maximum Gasteiger partial charge on any atom is 0.127 e. The summed E-state index contributed by atoms with van der Waals surface area (Å²) in [5.74, 6) is 0. The average molecular weight is 174 g/mol. The molecule has 11 heavy (non-hydrogen) atoms. The first kappa shape index (κ1) is 8.86. The molecule has 1 aliphatic heterocycles. The van der Waals surface area contributed by atoms with Crippen LogP contribution in [0, 0.1) is 0 Å². The van der Waals surface area contributed by atoms with Gasteiger partial charge in [0.1, 0.15) is 11.2 Å². The molecule has 1 unspecified atom stereocenters. The average Bonchev–Trinajstić information content (AvgIpc) is 2.34. The third-order valence-electron chi connectivity index (χ3n) is 1.62. The lowest BCUT2D eigenvalue weighted by atomic mass is 10.4. The van der Waals surface area contributed by atoms with Gasteiger partial charge in [0.2, 0.25) is 0 Å². The van der Waals surface area contributed by atoms with E-state index in [0.29, 0.717) is 0 Å². The number of likely N-dealkylation sites (N-methyl/N-ethyl adjacent to an activating group) is 2. The van der Waals surface area contributed by atoms with E-state index in [1.807, 2.05) is 5.01 Å². The first-order chi connectivity index (χ1) is 5.29. The standard InChI is InChI=1S/C6H14N4S/c1-3-7-5-6(11)8-9-10(5)4-2/h5,7,9H,3-4H2,1-2H3,(H,8,11). The van der Waals surface area contributed by atoms with Gasteiger partial charge in [-0.3, -0.25) is 10.7 Å².